The van der Waals surface area contributed by atoms with Crippen molar-refractivity contribution in [3.05, 3.63) is 48.9 Å². The first-order valence-corrected chi connectivity index (χ1v) is 9.53. The minimum atomic E-state index is -0.0469. The van der Waals surface area contributed by atoms with Gasteiger partial charge in [0.2, 0.25) is 0 Å². The van der Waals surface area contributed by atoms with E-state index in [0.717, 1.165) is 14.7 Å². The Morgan fingerprint density at radius 3 is 3.04 bits per heavy atom. The van der Waals surface area contributed by atoms with E-state index in [1.165, 1.54) is 10.4 Å². The lowest BCUT2D eigenvalue weighted by atomic mass is 10.0. The molecular weight excluding hydrogens is 444 g/mol. The molecule has 1 atom stereocenters. The first-order chi connectivity index (χ1) is 11.0. The van der Waals surface area contributed by atoms with Gasteiger partial charge in [0.1, 0.15) is 0 Å². The van der Waals surface area contributed by atoms with Crippen LogP contribution in [0.25, 0.3) is 5.65 Å². The van der Waals surface area contributed by atoms with Crippen LogP contribution in [0.2, 0.25) is 0 Å². The quantitative estimate of drug-likeness (QED) is 0.555. The van der Waals surface area contributed by atoms with Crippen molar-refractivity contribution >= 4 is 54.8 Å². The Kier molecular flexibility index (Phi) is 3.78. The van der Waals surface area contributed by atoms with E-state index >= 15 is 0 Å². The number of rotatable bonds is 1. The molecule has 0 spiro atoms. The van der Waals surface area contributed by atoms with E-state index in [-0.39, 0.29) is 11.9 Å². The summed E-state index contributed by atoms with van der Waals surface area (Å²) in [5, 5.41) is 4.37. The number of carbonyl (C=O) groups excluding carboxylic acids is 1. The fourth-order valence-electron chi connectivity index (χ4n) is 2.92. The molecule has 8 heteroatoms. The number of nitrogens with zero attached hydrogens (tertiary/aromatic N) is 4. The topological polar surface area (TPSA) is 50.5 Å². The summed E-state index contributed by atoms with van der Waals surface area (Å²) in [7, 11) is 0. The second-order valence-corrected chi connectivity index (χ2v) is 8.85. The zero-order valence-corrected chi connectivity index (χ0v) is 16.2. The van der Waals surface area contributed by atoms with Crippen LogP contribution in [0.5, 0.6) is 0 Å². The van der Waals surface area contributed by atoms with Gasteiger partial charge in [-0.05, 0) is 56.8 Å². The number of hydrogen-bond acceptors (Lipinski definition) is 4. The average molecular weight is 456 g/mol. The molecule has 1 unspecified atom stereocenters. The second kappa shape index (κ2) is 5.68. The molecule has 0 aromatic carbocycles. The lowest BCUT2D eigenvalue weighted by molar-refractivity contribution is 0.0675. The third kappa shape index (κ3) is 2.62. The molecule has 3 aromatic rings. The number of aromatic nitrogens is 3. The molecule has 0 saturated heterocycles. The first kappa shape index (κ1) is 15.3. The number of hydrogen-bond donors (Lipinski definition) is 0. The summed E-state index contributed by atoms with van der Waals surface area (Å²) in [4.78, 5) is 20.3. The van der Waals surface area contributed by atoms with E-state index in [4.69, 9.17) is 0 Å². The number of carbonyl (C=O) groups is 1. The van der Waals surface area contributed by atoms with Crippen LogP contribution in [0, 0.1) is 0 Å². The van der Waals surface area contributed by atoms with Gasteiger partial charge >= 0.3 is 0 Å². The zero-order valence-electron chi connectivity index (χ0n) is 12.2. The molecule has 118 valence electrons. The summed E-state index contributed by atoms with van der Waals surface area (Å²) >= 11 is 8.60. The van der Waals surface area contributed by atoms with Gasteiger partial charge in [0.25, 0.3) is 5.91 Å². The van der Waals surface area contributed by atoms with Crippen molar-refractivity contribution in [2.75, 3.05) is 6.54 Å². The van der Waals surface area contributed by atoms with E-state index in [2.05, 4.69) is 54.9 Å². The van der Waals surface area contributed by atoms with E-state index in [1.54, 1.807) is 34.3 Å². The number of halogens is 2. The minimum absolute atomic E-state index is 0.0469. The molecule has 3 aromatic heterocycles. The van der Waals surface area contributed by atoms with Crippen LogP contribution in [0.1, 0.15) is 33.9 Å². The van der Waals surface area contributed by atoms with Crippen molar-refractivity contribution in [3.63, 3.8) is 0 Å². The van der Waals surface area contributed by atoms with Gasteiger partial charge in [0, 0.05) is 29.9 Å². The summed E-state index contributed by atoms with van der Waals surface area (Å²) in [6, 6.07) is 3.96. The third-order valence-electron chi connectivity index (χ3n) is 4.04. The molecule has 0 N–H and O–H groups in total. The third-order valence-corrected chi connectivity index (χ3v) is 6.30. The van der Waals surface area contributed by atoms with Crippen LogP contribution in [-0.2, 0) is 6.42 Å². The summed E-state index contributed by atoms with van der Waals surface area (Å²) in [5.74, 6) is -0.0469. The Balaban J connectivity index is 1.68. The molecule has 4 heterocycles. The maximum Gasteiger partial charge on any atom is 0.274 e. The molecular formula is C15H12Br2N4OS. The van der Waals surface area contributed by atoms with Crippen molar-refractivity contribution in [2.45, 2.75) is 19.4 Å². The van der Waals surface area contributed by atoms with Crippen LogP contribution in [0.4, 0.5) is 0 Å². The van der Waals surface area contributed by atoms with Gasteiger partial charge in [-0.3, -0.25) is 4.79 Å². The van der Waals surface area contributed by atoms with E-state index in [9.17, 15) is 4.79 Å². The Bertz CT molecular complexity index is 919. The predicted octanol–water partition coefficient (Wildman–Crippen LogP) is 4.08. The Morgan fingerprint density at radius 1 is 1.39 bits per heavy atom. The standard InChI is InChI=1S/C15H12Br2N4OS/c1-8-14-9(4-12(17)23-14)2-3-20(8)15(22)11-5-13-18-6-10(16)7-21(13)19-11/h4-8H,2-3H2,1H3. The maximum atomic E-state index is 12.9. The molecule has 23 heavy (non-hydrogen) atoms. The van der Waals surface area contributed by atoms with Crippen LogP contribution < -0.4 is 0 Å². The van der Waals surface area contributed by atoms with Gasteiger partial charge < -0.3 is 4.90 Å². The molecule has 0 fully saturated rings. The lowest BCUT2D eigenvalue weighted by Gasteiger charge is -2.32. The van der Waals surface area contributed by atoms with Gasteiger partial charge in [-0.25, -0.2) is 9.50 Å². The number of thiophene rings is 1. The smallest absolute Gasteiger partial charge is 0.274 e. The highest BCUT2D eigenvalue weighted by molar-refractivity contribution is 9.11. The van der Waals surface area contributed by atoms with Gasteiger partial charge in [-0.15, -0.1) is 11.3 Å². The molecule has 0 bridgehead atoms. The maximum absolute atomic E-state index is 12.9. The normalized spacial score (nSPS) is 17.5. The molecule has 1 amide bonds. The largest absolute Gasteiger partial charge is 0.329 e. The molecule has 5 nitrogen and oxygen atoms in total. The SMILES string of the molecule is CC1c2sc(Br)cc2CCN1C(=O)c1cc2ncc(Br)cn2n1. The average Bonchev–Trinajstić information content (AvgIpc) is 3.09. The zero-order chi connectivity index (χ0) is 16.1. The Hall–Kier alpha value is -1.25. The summed E-state index contributed by atoms with van der Waals surface area (Å²) in [5.41, 5.74) is 2.43. The molecule has 0 saturated carbocycles. The highest BCUT2D eigenvalue weighted by atomic mass is 79.9. The molecule has 0 aliphatic carbocycles. The fourth-order valence-corrected chi connectivity index (χ4v) is 5.01. The molecule has 0 radical (unpaired) electrons. The first-order valence-electron chi connectivity index (χ1n) is 7.13. The molecule has 1 aliphatic heterocycles. The van der Waals surface area contributed by atoms with E-state index < -0.39 is 0 Å². The number of fused-ring (bicyclic) bond motifs is 2. The highest BCUT2D eigenvalue weighted by Gasteiger charge is 2.31. The van der Waals surface area contributed by atoms with Crippen molar-refractivity contribution in [1.29, 1.82) is 0 Å². The van der Waals surface area contributed by atoms with Crippen LogP contribution in [-0.4, -0.2) is 31.9 Å². The molecule has 4 rings (SSSR count). The molecule has 1 aliphatic rings. The van der Waals surface area contributed by atoms with Gasteiger partial charge in [0.05, 0.1) is 14.3 Å². The van der Waals surface area contributed by atoms with E-state index in [1.807, 2.05) is 4.90 Å². The van der Waals surface area contributed by atoms with Crippen molar-refractivity contribution < 1.29 is 4.79 Å². The summed E-state index contributed by atoms with van der Waals surface area (Å²) < 4.78 is 3.57. The van der Waals surface area contributed by atoms with Crippen LogP contribution in [0.3, 0.4) is 0 Å². The van der Waals surface area contributed by atoms with E-state index in [0.29, 0.717) is 17.9 Å². The minimum Gasteiger partial charge on any atom is -0.329 e. The number of amides is 1. The Labute approximate surface area is 153 Å². The fraction of sp³-hybridized carbons (Fsp3) is 0.267. The van der Waals surface area contributed by atoms with Gasteiger partial charge in [0.15, 0.2) is 11.3 Å². The lowest BCUT2D eigenvalue weighted by Crippen LogP contribution is -2.38. The van der Waals surface area contributed by atoms with Gasteiger partial charge in [-0.1, -0.05) is 0 Å². The Morgan fingerprint density at radius 2 is 2.22 bits per heavy atom. The van der Waals surface area contributed by atoms with Crippen LogP contribution in [0.15, 0.2) is 32.8 Å². The van der Waals surface area contributed by atoms with Gasteiger partial charge in [-0.2, -0.15) is 5.10 Å². The van der Waals surface area contributed by atoms with Crippen molar-refractivity contribution in [3.8, 4) is 0 Å². The predicted molar refractivity (Wildman–Crippen MR) is 95.9 cm³/mol. The monoisotopic (exact) mass is 454 g/mol. The van der Waals surface area contributed by atoms with Crippen molar-refractivity contribution in [2.24, 2.45) is 0 Å². The highest BCUT2D eigenvalue weighted by Crippen LogP contribution is 2.38. The second-order valence-electron chi connectivity index (χ2n) is 5.47. The summed E-state index contributed by atoms with van der Waals surface area (Å²) in [6.45, 7) is 2.78. The van der Waals surface area contributed by atoms with Crippen molar-refractivity contribution in [1.82, 2.24) is 19.5 Å². The van der Waals surface area contributed by atoms with Crippen LogP contribution >= 0.6 is 43.2 Å². The summed E-state index contributed by atoms with van der Waals surface area (Å²) in [6.07, 6.45) is 4.38.